The van der Waals surface area contributed by atoms with E-state index in [9.17, 15) is 10.1 Å². The molecule has 0 radical (unpaired) electrons. The third kappa shape index (κ3) is 6.42. The van der Waals surface area contributed by atoms with Gasteiger partial charge in [-0.25, -0.2) is 0 Å². The predicted octanol–water partition coefficient (Wildman–Crippen LogP) is 2.03. The predicted molar refractivity (Wildman–Crippen MR) is 81.9 cm³/mol. The zero-order valence-corrected chi connectivity index (χ0v) is 13.4. The zero-order valence-electron chi connectivity index (χ0n) is 11.8. The highest BCUT2D eigenvalue weighted by Crippen LogP contribution is 2.25. The molecular weight excluding hydrogens is 326 g/mol. The highest BCUT2D eigenvalue weighted by molar-refractivity contribution is 9.10. The monoisotopic (exact) mass is 345 g/mol. The third-order valence-electron chi connectivity index (χ3n) is 2.64. The minimum absolute atomic E-state index is 0.0894. The summed E-state index contributed by atoms with van der Waals surface area (Å²) in [5.41, 5.74) is 0.972. The molecule has 0 atom stereocenters. The van der Waals surface area contributed by atoms with Crippen molar-refractivity contribution in [2.45, 2.75) is 6.54 Å². The van der Waals surface area contributed by atoms with E-state index in [1.54, 1.807) is 12.1 Å². The summed E-state index contributed by atoms with van der Waals surface area (Å²) in [5.74, 6) is 0. The van der Waals surface area contributed by atoms with Crippen LogP contribution in [0.4, 0.5) is 5.69 Å². The molecule has 20 heavy (non-hydrogen) atoms. The second-order valence-electron chi connectivity index (χ2n) is 4.64. The molecule has 0 saturated heterocycles. The van der Waals surface area contributed by atoms with E-state index in [4.69, 9.17) is 4.74 Å². The molecule has 0 saturated carbocycles. The average molecular weight is 346 g/mol. The summed E-state index contributed by atoms with van der Waals surface area (Å²) in [6.07, 6.45) is 0. The smallest absolute Gasteiger partial charge is 0.283 e. The molecule has 0 fully saturated rings. The van der Waals surface area contributed by atoms with E-state index in [1.165, 1.54) is 0 Å². The fourth-order valence-corrected chi connectivity index (χ4v) is 1.93. The fourth-order valence-electron chi connectivity index (χ4n) is 1.53. The van der Waals surface area contributed by atoms with Crippen LogP contribution in [-0.2, 0) is 11.3 Å². The Morgan fingerprint density at radius 1 is 1.40 bits per heavy atom. The summed E-state index contributed by atoms with van der Waals surface area (Å²) < 4.78 is 5.94. The van der Waals surface area contributed by atoms with Gasteiger partial charge in [-0.05, 0) is 41.7 Å². The van der Waals surface area contributed by atoms with Crippen LogP contribution in [0.25, 0.3) is 0 Å². The number of nitrogens with one attached hydrogen (secondary N) is 1. The highest BCUT2D eigenvalue weighted by atomic mass is 79.9. The van der Waals surface area contributed by atoms with Gasteiger partial charge in [0.15, 0.2) is 0 Å². The molecule has 0 heterocycles. The first-order valence-electron chi connectivity index (χ1n) is 6.36. The Labute approximate surface area is 127 Å². The van der Waals surface area contributed by atoms with Crippen LogP contribution >= 0.6 is 15.9 Å². The lowest BCUT2D eigenvalue weighted by Crippen LogP contribution is -2.23. The summed E-state index contributed by atoms with van der Waals surface area (Å²) >= 11 is 3.17. The molecule has 0 spiro atoms. The molecule has 7 heteroatoms. The molecule has 0 aliphatic carbocycles. The molecule has 0 amide bonds. The maximum Gasteiger partial charge on any atom is 0.283 e. The zero-order chi connectivity index (χ0) is 15.0. The van der Waals surface area contributed by atoms with Crippen molar-refractivity contribution >= 4 is 21.6 Å². The van der Waals surface area contributed by atoms with Crippen molar-refractivity contribution in [1.29, 1.82) is 0 Å². The van der Waals surface area contributed by atoms with Gasteiger partial charge in [-0.1, -0.05) is 6.07 Å². The van der Waals surface area contributed by atoms with Crippen molar-refractivity contribution in [3.8, 4) is 0 Å². The molecule has 1 aromatic rings. The van der Waals surface area contributed by atoms with Crippen LogP contribution < -0.4 is 5.32 Å². The summed E-state index contributed by atoms with van der Waals surface area (Å²) in [6.45, 7) is 3.55. The number of nitro groups is 1. The van der Waals surface area contributed by atoms with E-state index in [-0.39, 0.29) is 5.69 Å². The standard InChI is InChI=1S/C13H20BrN3O3/c1-16(2)6-8-20-7-5-15-10-11-3-4-12(14)13(9-11)17(18)19/h3-4,9,15H,5-8,10H2,1-2H3. The molecule has 1 N–H and O–H groups in total. The van der Waals surface area contributed by atoms with Gasteiger partial charge in [-0.15, -0.1) is 0 Å². The van der Waals surface area contributed by atoms with Crippen molar-refractivity contribution in [2.24, 2.45) is 0 Å². The average Bonchev–Trinajstić information content (AvgIpc) is 2.38. The van der Waals surface area contributed by atoms with E-state index in [0.717, 1.165) is 18.7 Å². The topological polar surface area (TPSA) is 67.6 Å². The Morgan fingerprint density at radius 2 is 2.15 bits per heavy atom. The minimum atomic E-state index is -0.391. The third-order valence-corrected chi connectivity index (χ3v) is 3.31. The number of likely N-dealkylation sites (N-methyl/N-ethyl adjacent to an activating group) is 1. The lowest BCUT2D eigenvalue weighted by Gasteiger charge is -2.10. The Bertz CT molecular complexity index is 441. The van der Waals surface area contributed by atoms with Gasteiger partial charge < -0.3 is 15.0 Å². The number of halogens is 1. The van der Waals surface area contributed by atoms with Gasteiger partial charge in [0.05, 0.1) is 22.6 Å². The number of nitrogens with zero attached hydrogens (tertiary/aromatic N) is 2. The molecular formula is C13H20BrN3O3. The summed E-state index contributed by atoms with van der Waals surface area (Å²) in [4.78, 5) is 12.5. The van der Waals surface area contributed by atoms with E-state index >= 15 is 0 Å². The molecule has 112 valence electrons. The largest absolute Gasteiger partial charge is 0.379 e. The van der Waals surface area contributed by atoms with Gasteiger partial charge in [-0.2, -0.15) is 0 Å². The summed E-state index contributed by atoms with van der Waals surface area (Å²) in [5, 5.41) is 14.0. The maximum atomic E-state index is 10.8. The number of rotatable bonds is 9. The second kappa shape index (κ2) is 9.02. The van der Waals surface area contributed by atoms with Crippen LogP contribution in [0, 0.1) is 10.1 Å². The normalized spacial score (nSPS) is 11.0. The number of benzene rings is 1. The Hall–Kier alpha value is -1.02. The van der Waals surface area contributed by atoms with Crippen molar-refractivity contribution in [3.63, 3.8) is 0 Å². The van der Waals surface area contributed by atoms with Crippen LogP contribution in [0.5, 0.6) is 0 Å². The first-order valence-corrected chi connectivity index (χ1v) is 7.16. The lowest BCUT2D eigenvalue weighted by molar-refractivity contribution is -0.385. The van der Waals surface area contributed by atoms with Gasteiger partial charge >= 0.3 is 0 Å². The van der Waals surface area contributed by atoms with Gasteiger partial charge in [0, 0.05) is 25.7 Å². The van der Waals surface area contributed by atoms with Crippen LogP contribution in [0.15, 0.2) is 22.7 Å². The molecule has 0 aliphatic rings. The molecule has 1 aromatic carbocycles. The number of nitro benzene ring substituents is 1. The molecule has 0 aliphatic heterocycles. The van der Waals surface area contributed by atoms with Crippen molar-refractivity contribution < 1.29 is 9.66 Å². The first kappa shape index (κ1) is 17.0. The van der Waals surface area contributed by atoms with Crippen molar-refractivity contribution in [2.75, 3.05) is 40.4 Å². The number of ether oxygens (including phenoxy) is 1. The minimum Gasteiger partial charge on any atom is -0.379 e. The maximum absolute atomic E-state index is 10.8. The molecule has 0 unspecified atom stereocenters. The number of hydrogen-bond donors (Lipinski definition) is 1. The molecule has 0 aromatic heterocycles. The van der Waals surface area contributed by atoms with Crippen LogP contribution in [0.1, 0.15) is 5.56 Å². The molecule has 6 nitrogen and oxygen atoms in total. The van der Waals surface area contributed by atoms with Crippen molar-refractivity contribution in [1.82, 2.24) is 10.2 Å². The van der Waals surface area contributed by atoms with Gasteiger partial charge in [-0.3, -0.25) is 10.1 Å². The Balaban J connectivity index is 2.25. The molecule has 0 bridgehead atoms. The SMILES string of the molecule is CN(C)CCOCCNCc1ccc(Br)c([N+](=O)[O-])c1. The second-order valence-corrected chi connectivity index (χ2v) is 5.49. The molecule has 1 rings (SSSR count). The van der Waals surface area contributed by atoms with E-state index < -0.39 is 4.92 Å². The van der Waals surface area contributed by atoms with Gasteiger partial charge in [0.1, 0.15) is 0 Å². The first-order chi connectivity index (χ1) is 9.50. The Kier molecular flexibility index (Phi) is 7.68. The van der Waals surface area contributed by atoms with Gasteiger partial charge in [0.2, 0.25) is 0 Å². The van der Waals surface area contributed by atoms with E-state index in [2.05, 4.69) is 26.1 Å². The van der Waals surface area contributed by atoms with Crippen LogP contribution in [-0.4, -0.2) is 50.2 Å². The quantitative estimate of drug-likeness (QED) is 0.421. The number of hydrogen-bond acceptors (Lipinski definition) is 5. The van der Waals surface area contributed by atoms with E-state index in [1.807, 2.05) is 20.2 Å². The van der Waals surface area contributed by atoms with Crippen LogP contribution in [0.3, 0.4) is 0 Å². The lowest BCUT2D eigenvalue weighted by atomic mass is 10.2. The van der Waals surface area contributed by atoms with Gasteiger partial charge in [0.25, 0.3) is 5.69 Å². The van der Waals surface area contributed by atoms with E-state index in [0.29, 0.717) is 24.2 Å². The summed E-state index contributed by atoms with van der Waals surface area (Å²) in [7, 11) is 4.00. The van der Waals surface area contributed by atoms with Crippen LogP contribution in [0.2, 0.25) is 0 Å². The highest BCUT2D eigenvalue weighted by Gasteiger charge is 2.11. The fraction of sp³-hybridized carbons (Fsp3) is 0.538. The van der Waals surface area contributed by atoms with Crippen molar-refractivity contribution in [3.05, 3.63) is 38.3 Å². The summed E-state index contributed by atoms with van der Waals surface area (Å²) in [6, 6.07) is 5.13. The Morgan fingerprint density at radius 3 is 2.80 bits per heavy atom.